The molecule has 2 aliphatic heterocycles. The zero-order chi connectivity index (χ0) is 38.3. The van der Waals surface area contributed by atoms with E-state index in [0.29, 0.717) is 37.6 Å². The van der Waals surface area contributed by atoms with Crippen LogP contribution in [0.5, 0.6) is 0 Å². The second-order valence-electron chi connectivity index (χ2n) is 15.9. The lowest BCUT2D eigenvalue weighted by Crippen LogP contribution is -2.60. The average molecular weight is 755 g/mol. The van der Waals surface area contributed by atoms with Gasteiger partial charge in [0.25, 0.3) is 5.91 Å². The van der Waals surface area contributed by atoms with Crippen molar-refractivity contribution in [3.05, 3.63) is 58.2 Å². The van der Waals surface area contributed by atoms with E-state index in [1.165, 1.54) is 16.3 Å². The molecule has 5 heterocycles. The molecule has 288 valence electrons. The molecule has 1 saturated carbocycles. The molecule has 3 aliphatic rings. The van der Waals surface area contributed by atoms with Crippen molar-refractivity contribution in [2.45, 2.75) is 105 Å². The number of amides is 2. The molecule has 2 N–H and O–H groups in total. The zero-order valence-electron chi connectivity index (χ0n) is 32.6. The Hall–Kier alpha value is -4.13. The van der Waals surface area contributed by atoms with Gasteiger partial charge in [-0.05, 0) is 74.8 Å². The minimum absolute atomic E-state index is 0.0768. The summed E-state index contributed by atoms with van der Waals surface area (Å²) >= 11 is 1.50. The van der Waals surface area contributed by atoms with Gasteiger partial charge in [-0.15, -0.1) is 11.3 Å². The third kappa shape index (κ3) is 7.32. The van der Waals surface area contributed by atoms with Crippen LogP contribution in [0.25, 0.3) is 33.4 Å². The Kier molecular flexibility index (Phi) is 11.0. The molecule has 54 heavy (non-hydrogen) atoms. The lowest BCUT2D eigenvalue weighted by Gasteiger charge is -2.35. The van der Waals surface area contributed by atoms with E-state index in [1.54, 1.807) is 7.11 Å². The molecule has 1 saturated heterocycles. The van der Waals surface area contributed by atoms with E-state index in [0.717, 1.165) is 69.1 Å². The van der Waals surface area contributed by atoms with Crippen LogP contribution in [0.1, 0.15) is 89.6 Å². The van der Waals surface area contributed by atoms with Gasteiger partial charge in [-0.1, -0.05) is 46.6 Å². The van der Waals surface area contributed by atoms with Crippen molar-refractivity contribution in [3.63, 3.8) is 0 Å². The number of thiazole rings is 1. The Morgan fingerprint density at radius 1 is 1.17 bits per heavy atom. The smallest absolute Gasteiger partial charge is 0.324 e. The second kappa shape index (κ2) is 15.5. The van der Waals surface area contributed by atoms with E-state index in [1.807, 2.05) is 24.6 Å². The summed E-state index contributed by atoms with van der Waals surface area (Å²) in [4.78, 5) is 51.4. The third-order valence-corrected chi connectivity index (χ3v) is 12.6. The number of carbonyl (C=O) groups excluding carboxylic acids is 3. The quantitative estimate of drug-likeness (QED) is 0.187. The van der Waals surface area contributed by atoms with Gasteiger partial charge in [0.05, 0.1) is 34.8 Å². The molecule has 4 aromatic rings. The van der Waals surface area contributed by atoms with Gasteiger partial charge in [0, 0.05) is 71.6 Å². The summed E-state index contributed by atoms with van der Waals surface area (Å²) < 4.78 is 14.2. The highest BCUT2D eigenvalue weighted by Gasteiger charge is 2.52. The molecule has 7 rings (SSSR count). The Morgan fingerprint density at radius 3 is 2.67 bits per heavy atom. The van der Waals surface area contributed by atoms with Gasteiger partial charge in [-0.25, -0.2) is 10.4 Å². The molecule has 3 aromatic heterocycles. The number of ether oxygens (including phenoxy) is 2. The fourth-order valence-electron chi connectivity index (χ4n) is 8.78. The molecular weight excluding hydrogens is 701 g/mol. The standard InChI is InChI=1S/C42H54N6O5S/c1-8-26-27(9-2)36(26)39(49)45-32-20-35-44-33(22-54-35)25-15-16-34-29(19-25)30(38(47(34)10-3)28-13-11-17-43-37(28)24(4)52-7)21-42(5,6)23-53-41(51)31-14-12-18-48(46-31)40(32)50/h11,13,15-17,19,22,24,26-27,31-32,36,46H,8-10,12,14,18,20-21,23H2,1-7H3,(H,45,49)/t24-,26-,27+,31-,32-,36-/m0/s1. The summed E-state index contributed by atoms with van der Waals surface area (Å²) in [6, 6.07) is 9.07. The predicted octanol–water partition coefficient (Wildman–Crippen LogP) is 6.88. The molecule has 2 amide bonds. The van der Waals surface area contributed by atoms with E-state index in [2.05, 4.69) is 74.2 Å². The number of hydrazine groups is 1. The summed E-state index contributed by atoms with van der Waals surface area (Å²) in [7, 11) is 1.70. The zero-order valence-corrected chi connectivity index (χ0v) is 33.4. The summed E-state index contributed by atoms with van der Waals surface area (Å²) in [5.74, 6) is -0.144. The first-order chi connectivity index (χ1) is 26.0. The largest absolute Gasteiger partial charge is 0.464 e. The Bertz CT molecular complexity index is 2030. The normalized spacial score (nSPS) is 24.9. The molecule has 0 radical (unpaired) electrons. The molecule has 12 heteroatoms. The molecular formula is C42H54N6O5S. The fraction of sp³-hybridized carbons (Fsp3) is 0.548. The molecule has 1 aliphatic carbocycles. The SMILES string of the molecule is CC[C@@H]1[C@H](CC)[C@@H]1C(=O)N[C@H]1Cc2nc(cs2)-c2ccc3c(c2)c(c(-c2cccnc2[C@H](C)OC)n3CC)CC(C)(C)COC(=O)[C@@H]2CCCN(N2)C1=O. The average Bonchev–Trinajstić information content (AvgIpc) is 3.58. The number of rotatable bonds is 8. The minimum Gasteiger partial charge on any atom is -0.464 e. The van der Waals surface area contributed by atoms with Crippen LogP contribution in [-0.4, -0.2) is 69.7 Å². The third-order valence-electron chi connectivity index (χ3n) is 11.7. The number of hydrogen-bond donors (Lipinski definition) is 2. The summed E-state index contributed by atoms with van der Waals surface area (Å²) in [5, 5.41) is 8.54. The van der Waals surface area contributed by atoms with E-state index in [9.17, 15) is 14.4 Å². The van der Waals surface area contributed by atoms with Crippen LogP contribution in [0.2, 0.25) is 0 Å². The van der Waals surface area contributed by atoms with Gasteiger partial charge in [-0.2, -0.15) is 0 Å². The maximum Gasteiger partial charge on any atom is 0.324 e. The Morgan fingerprint density at radius 2 is 1.94 bits per heavy atom. The topological polar surface area (TPSA) is 128 Å². The van der Waals surface area contributed by atoms with Gasteiger partial charge in [0.1, 0.15) is 12.1 Å². The van der Waals surface area contributed by atoms with Crippen LogP contribution >= 0.6 is 11.3 Å². The first-order valence-electron chi connectivity index (χ1n) is 19.6. The highest BCUT2D eigenvalue weighted by molar-refractivity contribution is 7.10. The van der Waals surface area contributed by atoms with E-state index < -0.39 is 17.5 Å². The number of cyclic esters (lactones) is 1. The fourth-order valence-corrected chi connectivity index (χ4v) is 9.63. The summed E-state index contributed by atoms with van der Waals surface area (Å²) in [6.45, 7) is 14.0. The van der Waals surface area contributed by atoms with E-state index in [-0.39, 0.29) is 42.8 Å². The number of pyridine rings is 1. The van der Waals surface area contributed by atoms with Gasteiger partial charge < -0.3 is 19.4 Å². The monoisotopic (exact) mass is 754 g/mol. The molecule has 0 unspecified atom stereocenters. The number of fused-ring (bicyclic) bond motifs is 6. The lowest BCUT2D eigenvalue weighted by molar-refractivity contribution is -0.155. The molecule has 6 atom stereocenters. The Balaban J connectivity index is 1.33. The van der Waals surface area contributed by atoms with Crippen LogP contribution in [0, 0.1) is 23.2 Å². The maximum absolute atomic E-state index is 14.2. The van der Waals surface area contributed by atoms with Crippen LogP contribution in [-0.2, 0) is 43.2 Å². The predicted molar refractivity (Wildman–Crippen MR) is 210 cm³/mol. The molecule has 11 nitrogen and oxygen atoms in total. The highest BCUT2D eigenvalue weighted by Crippen LogP contribution is 2.50. The van der Waals surface area contributed by atoms with Crippen LogP contribution in [0.4, 0.5) is 0 Å². The maximum atomic E-state index is 14.2. The number of carbonyl (C=O) groups is 3. The van der Waals surface area contributed by atoms with Gasteiger partial charge in [0.2, 0.25) is 5.91 Å². The molecule has 2 fully saturated rings. The van der Waals surface area contributed by atoms with Crippen molar-refractivity contribution in [1.82, 2.24) is 30.3 Å². The van der Waals surface area contributed by atoms with Crippen molar-refractivity contribution >= 4 is 40.0 Å². The minimum atomic E-state index is -0.828. The lowest BCUT2D eigenvalue weighted by atomic mass is 9.84. The first-order valence-corrected chi connectivity index (χ1v) is 20.5. The number of hydrogen-bond acceptors (Lipinski definition) is 9. The van der Waals surface area contributed by atoms with Crippen molar-refractivity contribution in [3.8, 4) is 22.5 Å². The molecule has 6 bridgehead atoms. The number of aryl methyl sites for hydroxylation is 1. The van der Waals surface area contributed by atoms with Gasteiger partial charge in [0.15, 0.2) is 0 Å². The van der Waals surface area contributed by atoms with Crippen molar-refractivity contribution < 1.29 is 23.9 Å². The number of benzene rings is 1. The highest BCUT2D eigenvalue weighted by atomic mass is 32.1. The van der Waals surface area contributed by atoms with Gasteiger partial charge >= 0.3 is 5.97 Å². The van der Waals surface area contributed by atoms with Crippen molar-refractivity contribution in [2.75, 3.05) is 20.3 Å². The first kappa shape index (κ1) is 38.2. The number of nitrogens with zero attached hydrogens (tertiary/aromatic N) is 4. The van der Waals surface area contributed by atoms with Crippen LogP contribution in [0.15, 0.2) is 41.9 Å². The number of esters is 1. The van der Waals surface area contributed by atoms with Gasteiger partial charge in [-0.3, -0.25) is 24.4 Å². The second-order valence-corrected chi connectivity index (χ2v) is 16.9. The summed E-state index contributed by atoms with van der Waals surface area (Å²) in [6.07, 6.45) is 5.52. The van der Waals surface area contributed by atoms with Crippen molar-refractivity contribution in [1.29, 1.82) is 0 Å². The Labute approximate surface area is 322 Å². The number of methoxy groups -OCH3 is 1. The molecule has 1 aromatic carbocycles. The number of aromatic nitrogens is 3. The van der Waals surface area contributed by atoms with E-state index in [4.69, 9.17) is 19.4 Å². The van der Waals surface area contributed by atoms with Crippen LogP contribution < -0.4 is 10.7 Å². The van der Waals surface area contributed by atoms with E-state index >= 15 is 0 Å². The van der Waals surface area contributed by atoms with Crippen molar-refractivity contribution in [2.24, 2.45) is 23.2 Å². The summed E-state index contributed by atoms with van der Waals surface area (Å²) in [5.41, 5.74) is 9.72. The number of nitrogens with one attached hydrogen (secondary N) is 2. The van der Waals surface area contributed by atoms with Crippen LogP contribution in [0.3, 0.4) is 0 Å². The molecule has 0 spiro atoms.